The number of benzene rings is 1. The summed E-state index contributed by atoms with van der Waals surface area (Å²) in [5.74, 6) is 0.721. The van der Waals surface area contributed by atoms with E-state index in [2.05, 4.69) is 50.3 Å². The maximum Gasteiger partial charge on any atom is 0.208 e. The quantitative estimate of drug-likeness (QED) is 0.849. The number of aromatic nitrogens is 2. The van der Waals surface area contributed by atoms with E-state index in [1.54, 1.807) is 11.3 Å². The lowest BCUT2D eigenvalue weighted by atomic mass is 10.1. The van der Waals surface area contributed by atoms with Crippen molar-refractivity contribution in [1.29, 1.82) is 0 Å². The largest absolute Gasteiger partial charge is 0.344 e. The number of piperazine rings is 1. The monoisotopic (exact) mass is 314 g/mol. The first-order chi connectivity index (χ1) is 10.9. The molecular formula is C17H22N4S. The Bertz CT molecular complexity index is 600. The SMILES string of the molecule is c1ccc(CCN2CCN(c3nnc(C4CC4)s3)CC2)cc1. The average Bonchev–Trinajstić information content (AvgIpc) is 3.32. The summed E-state index contributed by atoms with van der Waals surface area (Å²) in [5, 5.41) is 11.1. The van der Waals surface area contributed by atoms with Gasteiger partial charge in [-0.3, -0.25) is 4.90 Å². The van der Waals surface area contributed by atoms with E-state index < -0.39 is 0 Å². The summed E-state index contributed by atoms with van der Waals surface area (Å²) in [7, 11) is 0. The summed E-state index contributed by atoms with van der Waals surface area (Å²) in [6.07, 6.45) is 3.76. The Morgan fingerprint density at radius 1 is 1.00 bits per heavy atom. The molecule has 2 aliphatic rings. The maximum absolute atomic E-state index is 4.40. The van der Waals surface area contributed by atoms with Gasteiger partial charge < -0.3 is 4.90 Å². The lowest BCUT2D eigenvalue weighted by molar-refractivity contribution is 0.261. The Kier molecular flexibility index (Phi) is 4.08. The van der Waals surface area contributed by atoms with E-state index in [-0.39, 0.29) is 0 Å². The van der Waals surface area contributed by atoms with Crippen LogP contribution in [0.5, 0.6) is 0 Å². The van der Waals surface area contributed by atoms with Gasteiger partial charge in [0.25, 0.3) is 0 Å². The van der Waals surface area contributed by atoms with Gasteiger partial charge in [-0.25, -0.2) is 0 Å². The molecule has 1 aromatic carbocycles. The van der Waals surface area contributed by atoms with Crippen molar-refractivity contribution in [3.63, 3.8) is 0 Å². The van der Waals surface area contributed by atoms with Crippen LogP contribution in [0.4, 0.5) is 5.13 Å². The van der Waals surface area contributed by atoms with Crippen LogP contribution in [0.15, 0.2) is 30.3 Å². The van der Waals surface area contributed by atoms with Gasteiger partial charge in [-0.2, -0.15) is 0 Å². The zero-order chi connectivity index (χ0) is 14.8. The van der Waals surface area contributed by atoms with E-state index in [0.29, 0.717) is 0 Å². The Labute approximate surface area is 135 Å². The molecule has 1 aliphatic heterocycles. The Balaban J connectivity index is 1.26. The normalized spacial score (nSPS) is 19.5. The molecular weight excluding hydrogens is 292 g/mol. The van der Waals surface area contributed by atoms with E-state index in [9.17, 15) is 0 Å². The smallest absolute Gasteiger partial charge is 0.208 e. The van der Waals surface area contributed by atoms with Crippen molar-refractivity contribution in [1.82, 2.24) is 15.1 Å². The average molecular weight is 314 g/mol. The van der Waals surface area contributed by atoms with Gasteiger partial charge in [0.05, 0.1) is 0 Å². The van der Waals surface area contributed by atoms with E-state index in [4.69, 9.17) is 0 Å². The predicted octanol–water partition coefficient (Wildman–Crippen LogP) is 2.78. The molecule has 1 saturated heterocycles. The third kappa shape index (κ3) is 3.31. The summed E-state index contributed by atoms with van der Waals surface area (Å²) in [6.45, 7) is 5.57. The number of hydrogen-bond acceptors (Lipinski definition) is 5. The van der Waals surface area contributed by atoms with Crippen molar-refractivity contribution in [2.45, 2.75) is 25.2 Å². The maximum atomic E-state index is 4.40. The molecule has 0 spiro atoms. The molecule has 2 aromatic rings. The molecule has 5 heteroatoms. The minimum Gasteiger partial charge on any atom is -0.344 e. The Morgan fingerprint density at radius 3 is 2.50 bits per heavy atom. The molecule has 1 aliphatic carbocycles. The minimum atomic E-state index is 0.721. The van der Waals surface area contributed by atoms with Gasteiger partial charge >= 0.3 is 0 Å². The van der Waals surface area contributed by atoms with E-state index >= 15 is 0 Å². The number of anilines is 1. The lowest BCUT2D eigenvalue weighted by Crippen LogP contribution is -2.47. The van der Waals surface area contributed by atoms with Crippen molar-refractivity contribution < 1.29 is 0 Å². The van der Waals surface area contributed by atoms with Crippen molar-refractivity contribution in [3.8, 4) is 0 Å². The highest BCUT2D eigenvalue weighted by Gasteiger charge is 2.29. The second-order valence-electron chi connectivity index (χ2n) is 6.26. The number of nitrogens with zero attached hydrogens (tertiary/aromatic N) is 4. The standard InChI is InChI=1S/C17H22N4S/c1-2-4-14(5-3-1)8-9-20-10-12-21(13-11-20)17-19-18-16(22-17)15-6-7-15/h1-5,15H,6-13H2. The van der Waals surface area contributed by atoms with Crippen molar-refractivity contribution in [2.75, 3.05) is 37.6 Å². The molecule has 22 heavy (non-hydrogen) atoms. The van der Waals surface area contributed by atoms with Gasteiger partial charge in [0, 0.05) is 38.6 Å². The molecule has 4 nitrogen and oxygen atoms in total. The van der Waals surface area contributed by atoms with Gasteiger partial charge in [0.1, 0.15) is 5.01 Å². The fourth-order valence-electron chi connectivity index (χ4n) is 2.94. The summed E-state index contributed by atoms with van der Waals surface area (Å²) in [6, 6.07) is 10.8. The second kappa shape index (κ2) is 6.34. The first-order valence-electron chi connectivity index (χ1n) is 8.23. The van der Waals surface area contributed by atoms with Crippen LogP contribution in [0.1, 0.15) is 29.3 Å². The summed E-state index contributed by atoms with van der Waals surface area (Å²) < 4.78 is 0. The zero-order valence-electron chi connectivity index (χ0n) is 12.8. The van der Waals surface area contributed by atoms with Crippen molar-refractivity contribution in [3.05, 3.63) is 40.9 Å². The third-order valence-electron chi connectivity index (χ3n) is 4.56. The van der Waals surface area contributed by atoms with Gasteiger partial charge in [-0.15, -0.1) is 10.2 Å². The Hall–Kier alpha value is -1.46. The molecule has 0 amide bonds. The topological polar surface area (TPSA) is 32.3 Å². The molecule has 0 N–H and O–H groups in total. The van der Waals surface area contributed by atoms with Crippen LogP contribution in [-0.2, 0) is 6.42 Å². The fourth-order valence-corrected chi connectivity index (χ4v) is 4.01. The van der Waals surface area contributed by atoms with Crippen LogP contribution < -0.4 is 4.90 Å². The summed E-state index contributed by atoms with van der Waals surface area (Å²) in [4.78, 5) is 4.97. The minimum absolute atomic E-state index is 0.721. The highest BCUT2D eigenvalue weighted by molar-refractivity contribution is 7.15. The molecule has 0 bridgehead atoms. The molecule has 1 aromatic heterocycles. The summed E-state index contributed by atoms with van der Waals surface area (Å²) >= 11 is 1.81. The summed E-state index contributed by atoms with van der Waals surface area (Å²) in [5.41, 5.74) is 1.43. The molecule has 2 fully saturated rings. The molecule has 0 unspecified atom stereocenters. The van der Waals surface area contributed by atoms with E-state index in [1.165, 1.54) is 23.4 Å². The number of hydrogen-bond donors (Lipinski definition) is 0. The molecule has 2 heterocycles. The fraction of sp³-hybridized carbons (Fsp3) is 0.529. The van der Waals surface area contributed by atoms with Crippen LogP contribution in [0, 0.1) is 0 Å². The van der Waals surface area contributed by atoms with Gasteiger partial charge in [0.15, 0.2) is 0 Å². The first-order valence-corrected chi connectivity index (χ1v) is 9.05. The Morgan fingerprint density at radius 2 is 1.77 bits per heavy atom. The molecule has 4 rings (SSSR count). The first kappa shape index (κ1) is 14.2. The van der Waals surface area contributed by atoms with Gasteiger partial charge in [-0.1, -0.05) is 41.7 Å². The molecule has 0 radical (unpaired) electrons. The van der Waals surface area contributed by atoms with E-state index in [0.717, 1.165) is 50.2 Å². The van der Waals surface area contributed by atoms with Crippen molar-refractivity contribution in [2.24, 2.45) is 0 Å². The van der Waals surface area contributed by atoms with Gasteiger partial charge in [0.2, 0.25) is 5.13 Å². The van der Waals surface area contributed by atoms with Crippen molar-refractivity contribution >= 4 is 16.5 Å². The highest BCUT2D eigenvalue weighted by atomic mass is 32.1. The predicted molar refractivity (Wildman–Crippen MR) is 90.7 cm³/mol. The van der Waals surface area contributed by atoms with Crippen LogP contribution in [-0.4, -0.2) is 47.8 Å². The van der Waals surface area contributed by atoms with Crippen LogP contribution >= 0.6 is 11.3 Å². The van der Waals surface area contributed by atoms with Gasteiger partial charge in [-0.05, 0) is 24.8 Å². The highest BCUT2D eigenvalue weighted by Crippen LogP contribution is 2.42. The molecule has 116 valence electrons. The van der Waals surface area contributed by atoms with Crippen LogP contribution in [0.2, 0.25) is 0 Å². The second-order valence-corrected chi connectivity index (χ2v) is 7.25. The molecule has 0 atom stereocenters. The third-order valence-corrected chi connectivity index (χ3v) is 5.71. The van der Waals surface area contributed by atoms with Crippen LogP contribution in [0.3, 0.4) is 0 Å². The molecule has 1 saturated carbocycles. The van der Waals surface area contributed by atoms with E-state index in [1.807, 2.05) is 0 Å². The van der Waals surface area contributed by atoms with Crippen LogP contribution in [0.25, 0.3) is 0 Å². The number of rotatable bonds is 5. The zero-order valence-corrected chi connectivity index (χ0v) is 13.6. The lowest BCUT2D eigenvalue weighted by Gasteiger charge is -2.34.